The van der Waals surface area contributed by atoms with Gasteiger partial charge in [0, 0.05) is 13.1 Å². The number of hydrogen-bond acceptors (Lipinski definition) is 5. The SMILES string of the molecule is CNS(=O)(=O)C1CCCN(CC(O)c2ccc(C#N)cc2)C1. The van der Waals surface area contributed by atoms with Crippen molar-refractivity contribution >= 4 is 10.0 Å². The van der Waals surface area contributed by atoms with E-state index in [4.69, 9.17) is 5.26 Å². The Balaban J connectivity index is 1.99. The Bertz CT molecular complexity index is 637. The first-order valence-corrected chi connectivity index (χ1v) is 8.83. The summed E-state index contributed by atoms with van der Waals surface area (Å²) in [6.45, 7) is 1.60. The molecule has 2 atom stereocenters. The number of nitrogens with zero attached hydrogens (tertiary/aromatic N) is 2. The number of rotatable bonds is 5. The third-order valence-corrected chi connectivity index (χ3v) is 5.87. The van der Waals surface area contributed by atoms with Crippen LogP contribution in [-0.4, -0.2) is 50.4 Å². The highest BCUT2D eigenvalue weighted by Gasteiger charge is 2.30. The molecule has 1 saturated heterocycles. The smallest absolute Gasteiger partial charge is 0.215 e. The minimum Gasteiger partial charge on any atom is -0.387 e. The molecule has 1 aromatic rings. The highest BCUT2D eigenvalue weighted by molar-refractivity contribution is 7.90. The van der Waals surface area contributed by atoms with E-state index in [0.717, 1.165) is 18.5 Å². The Labute approximate surface area is 131 Å². The maximum atomic E-state index is 11.9. The molecule has 6 nitrogen and oxygen atoms in total. The average Bonchev–Trinajstić information content (AvgIpc) is 2.55. The van der Waals surface area contributed by atoms with E-state index < -0.39 is 21.4 Å². The number of sulfonamides is 1. The summed E-state index contributed by atoms with van der Waals surface area (Å²) in [7, 11) is -1.84. The minimum atomic E-state index is -3.27. The van der Waals surface area contributed by atoms with E-state index in [0.29, 0.717) is 25.1 Å². The summed E-state index contributed by atoms with van der Waals surface area (Å²) >= 11 is 0. The lowest BCUT2D eigenvalue weighted by Gasteiger charge is -2.33. The fraction of sp³-hybridized carbons (Fsp3) is 0.533. The summed E-state index contributed by atoms with van der Waals surface area (Å²) in [6, 6.07) is 8.84. The monoisotopic (exact) mass is 323 g/mol. The highest BCUT2D eigenvalue weighted by Crippen LogP contribution is 2.20. The van der Waals surface area contributed by atoms with Gasteiger partial charge in [-0.25, -0.2) is 13.1 Å². The molecule has 1 aliphatic heterocycles. The summed E-state index contributed by atoms with van der Waals surface area (Å²) in [6.07, 6.45) is 0.752. The van der Waals surface area contributed by atoms with Crippen molar-refractivity contribution in [3.05, 3.63) is 35.4 Å². The van der Waals surface area contributed by atoms with Crippen LogP contribution >= 0.6 is 0 Å². The summed E-state index contributed by atoms with van der Waals surface area (Å²) < 4.78 is 26.2. The molecule has 0 radical (unpaired) electrons. The lowest BCUT2D eigenvalue weighted by Crippen LogP contribution is -2.46. The van der Waals surface area contributed by atoms with Crippen LogP contribution in [0.3, 0.4) is 0 Å². The van der Waals surface area contributed by atoms with Crippen LogP contribution in [0, 0.1) is 11.3 Å². The van der Waals surface area contributed by atoms with E-state index in [1.54, 1.807) is 24.3 Å². The number of β-amino-alcohol motifs (C(OH)–C–C–N with tert-alkyl or cyclic N) is 1. The second-order valence-corrected chi connectivity index (χ2v) is 7.69. The largest absolute Gasteiger partial charge is 0.387 e. The summed E-state index contributed by atoms with van der Waals surface area (Å²) in [4.78, 5) is 1.98. The third kappa shape index (κ3) is 4.05. The molecule has 2 unspecified atom stereocenters. The van der Waals surface area contributed by atoms with E-state index >= 15 is 0 Å². The van der Waals surface area contributed by atoms with E-state index in [1.807, 2.05) is 11.0 Å². The van der Waals surface area contributed by atoms with Gasteiger partial charge in [-0.2, -0.15) is 5.26 Å². The molecule has 7 heteroatoms. The zero-order valence-corrected chi connectivity index (χ0v) is 13.4. The minimum absolute atomic E-state index is 0.391. The molecule has 1 fully saturated rings. The summed E-state index contributed by atoms with van der Waals surface area (Å²) in [5.74, 6) is 0. The van der Waals surface area contributed by atoms with Gasteiger partial charge in [-0.3, -0.25) is 4.90 Å². The number of nitrogens with one attached hydrogen (secondary N) is 1. The fourth-order valence-electron chi connectivity index (χ4n) is 2.73. The van der Waals surface area contributed by atoms with Crippen LogP contribution in [0.2, 0.25) is 0 Å². The number of hydrogen-bond donors (Lipinski definition) is 2. The number of benzene rings is 1. The van der Waals surface area contributed by atoms with Gasteiger partial charge < -0.3 is 5.11 Å². The van der Waals surface area contributed by atoms with E-state index in [9.17, 15) is 13.5 Å². The van der Waals surface area contributed by atoms with Gasteiger partial charge in [0.25, 0.3) is 0 Å². The van der Waals surface area contributed by atoms with Crippen molar-refractivity contribution in [3.63, 3.8) is 0 Å². The Hall–Kier alpha value is -1.46. The van der Waals surface area contributed by atoms with Crippen LogP contribution in [0.25, 0.3) is 0 Å². The van der Waals surface area contributed by atoms with Crippen LogP contribution in [-0.2, 0) is 10.0 Å². The maximum absolute atomic E-state index is 11.9. The van der Waals surface area contributed by atoms with Crippen LogP contribution in [0.1, 0.15) is 30.1 Å². The summed E-state index contributed by atoms with van der Waals surface area (Å²) in [5, 5.41) is 18.6. The molecule has 1 aromatic carbocycles. The zero-order chi connectivity index (χ0) is 16.2. The normalized spacial score (nSPS) is 21.2. The fourth-order valence-corrected chi connectivity index (χ4v) is 3.95. The van der Waals surface area contributed by atoms with Gasteiger partial charge >= 0.3 is 0 Å². The number of piperidine rings is 1. The van der Waals surface area contributed by atoms with Crippen LogP contribution in [0.4, 0.5) is 0 Å². The van der Waals surface area contributed by atoms with Crippen molar-refractivity contribution in [3.8, 4) is 6.07 Å². The summed E-state index contributed by atoms with van der Waals surface area (Å²) in [5.41, 5.74) is 1.28. The molecular weight excluding hydrogens is 302 g/mol. The first kappa shape index (κ1) is 16.9. The number of aliphatic hydroxyl groups is 1. The van der Waals surface area contributed by atoms with Gasteiger partial charge in [-0.1, -0.05) is 12.1 Å². The number of aliphatic hydroxyl groups excluding tert-OH is 1. The molecule has 120 valence electrons. The quantitative estimate of drug-likeness (QED) is 0.828. The highest BCUT2D eigenvalue weighted by atomic mass is 32.2. The van der Waals surface area contributed by atoms with Crippen LogP contribution < -0.4 is 4.72 Å². The Morgan fingerprint density at radius 2 is 2.14 bits per heavy atom. The van der Waals surface area contributed by atoms with E-state index in [2.05, 4.69) is 4.72 Å². The maximum Gasteiger partial charge on any atom is 0.215 e. The second kappa shape index (κ2) is 7.20. The Kier molecular flexibility index (Phi) is 5.53. The van der Waals surface area contributed by atoms with Gasteiger partial charge in [-0.05, 0) is 44.1 Å². The van der Waals surface area contributed by atoms with E-state index in [-0.39, 0.29) is 0 Å². The van der Waals surface area contributed by atoms with E-state index in [1.165, 1.54) is 7.05 Å². The lowest BCUT2D eigenvalue weighted by atomic mass is 10.1. The molecule has 22 heavy (non-hydrogen) atoms. The lowest BCUT2D eigenvalue weighted by molar-refractivity contribution is 0.102. The van der Waals surface area contributed by atoms with Crippen molar-refractivity contribution < 1.29 is 13.5 Å². The predicted octanol–water partition coefficient (Wildman–Crippen LogP) is 0.605. The third-order valence-electron chi connectivity index (χ3n) is 4.04. The number of likely N-dealkylation sites (tertiary alicyclic amines) is 1. The molecule has 0 bridgehead atoms. The predicted molar refractivity (Wildman–Crippen MR) is 83.6 cm³/mol. The molecule has 1 aliphatic rings. The molecular formula is C15H21N3O3S. The zero-order valence-electron chi connectivity index (χ0n) is 12.6. The first-order chi connectivity index (χ1) is 10.5. The second-order valence-electron chi connectivity index (χ2n) is 5.52. The number of nitriles is 1. The molecule has 0 spiro atoms. The van der Waals surface area contributed by atoms with Crippen LogP contribution in [0.15, 0.2) is 24.3 Å². The van der Waals surface area contributed by atoms with Crippen molar-refractivity contribution in [1.82, 2.24) is 9.62 Å². The molecule has 0 aromatic heterocycles. The Morgan fingerprint density at radius 3 is 2.73 bits per heavy atom. The molecule has 1 heterocycles. The standard InChI is InChI=1S/C15H21N3O3S/c1-17-22(20,21)14-3-2-8-18(10-14)11-15(19)13-6-4-12(9-16)5-7-13/h4-7,14-15,17,19H,2-3,8,10-11H2,1H3. The topological polar surface area (TPSA) is 93.4 Å². The van der Waals surface area contributed by atoms with Crippen molar-refractivity contribution in [2.24, 2.45) is 0 Å². The van der Waals surface area contributed by atoms with Crippen molar-refractivity contribution in [2.75, 3.05) is 26.7 Å². The molecule has 2 rings (SSSR count). The molecule has 2 N–H and O–H groups in total. The van der Waals surface area contributed by atoms with Gasteiger partial charge in [0.2, 0.25) is 10.0 Å². The van der Waals surface area contributed by atoms with Gasteiger partial charge in [0.05, 0.1) is 23.0 Å². The van der Waals surface area contributed by atoms with Crippen molar-refractivity contribution in [1.29, 1.82) is 5.26 Å². The molecule has 0 saturated carbocycles. The van der Waals surface area contributed by atoms with Gasteiger partial charge in [0.15, 0.2) is 0 Å². The van der Waals surface area contributed by atoms with Crippen molar-refractivity contribution in [2.45, 2.75) is 24.2 Å². The van der Waals surface area contributed by atoms with Crippen LogP contribution in [0.5, 0.6) is 0 Å². The molecule has 0 aliphatic carbocycles. The van der Waals surface area contributed by atoms with Gasteiger partial charge in [-0.15, -0.1) is 0 Å². The van der Waals surface area contributed by atoms with Gasteiger partial charge in [0.1, 0.15) is 0 Å². The first-order valence-electron chi connectivity index (χ1n) is 7.29. The Morgan fingerprint density at radius 1 is 1.45 bits per heavy atom. The average molecular weight is 323 g/mol. The molecule has 0 amide bonds.